The second-order valence-electron chi connectivity index (χ2n) is 6.88. The SMILES string of the molecule is COc1cc(OC)c2c(=O)c3cc(NC(=O)CN4CCCC4)ccc3oc2c1. The van der Waals surface area contributed by atoms with Crippen molar-refractivity contribution in [3.8, 4) is 11.5 Å². The zero-order chi connectivity index (χ0) is 19.7. The van der Waals surface area contributed by atoms with Gasteiger partial charge in [0, 0.05) is 17.8 Å². The van der Waals surface area contributed by atoms with Gasteiger partial charge in [-0.2, -0.15) is 0 Å². The van der Waals surface area contributed by atoms with Gasteiger partial charge in [-0.1, -0.05) is 0 Å². The molecule has 1 aliphatic rings. The number of carbonyl (C=O) groups excluding carboxylic acids is 1. The zero-order valence-electron chi connectivity index (χ0n) is 15.9. The Kier molecular flexibility index (Phi) is 4.92. The van der Waals surface area contributed by atoms with E-state index in [1.165, 1.54) is 14.2 Å². The monoisotopic (exact) mass is 382 g/mol. The third-order valence-corrected chi connectivity index (χ3v) is 5.02. The van der Waals surface area contributed by atoms with Gasteiger partial charge in [-0.3, -0.25) is 14.5 Å². The summed E-state index contributed by atoms with van der Waals surface area (Å²) in [5.74, 6) is 0.833. The van der Waals surface area contributed by atoms with E-state index in [-0.39, 0.29) is 11.3 Å². The molecule has 0 unspecified atom stereocenters. The number of carbonyl (C=O) groups is 1. The minimum atomic E-state index is -0.216. The molecule has 1 N–H and O–H groups in total. The number of benzene rings is 2. The number of rotatable bonds is 5. The van der Waals surface area contributed by atoms with Crippen molar-refractivity contribution in [1.82, 2.24) is 4.90 Å². The van der Waals surface area contributed by atoms with Gasteiger partial charge < -0.3 is 19.2 Å². The number of anilines is 1. The number of fused-ring (bicyclic) bond motifs is 2. The summed E-state index contributed by atoms with van der Waals surface area (Å²) in [6.45, 7) is 2.26. The number of ether oxygens (including phenoxy) is 2. The molecule has 1 aromatic heterocycles. The van der Waals surface area contributed by atoms with Crippen LogP contribution in [0.1, 0.15) is 12.8 Å². The van der Waals surface area contributed by atoms with Crippen LogP contribution in [-0.2, 0) is 4.79 Å². The van der Waals surface area contributed by atoms with Crippen molar-refractivity contribution < 1.29 is 18.7 Å². The lowest BCUT2D eigenvalue weighted by molar-refractivity contribution is -0.117. The van der Waals surface area contributed by atoms with Gasteiger partial charge in [0.15, 0.2) is 0 Å². The minimum Gasteiger partial charge on any atom is -0.496 e. The van der Waals surface area contributed by atoms with Gasteiger partial charge in [0.2, 0.25) is 11.3 Å². The van der Waals surface area contributed by atoms with E-state index >= 15 is 0 Å². The number of hydrogen-bond acceptors (Lipinski definition) is 6. The molecule has 0 spiro atoms. The maximum absolute atomic E-state index is 13.1. The number of nitrogens with one attached hydrogen (secondary N) is 1. The molecule has 2 heterocycles. The Hall–Kier alpha value is -3.06. The smallest absolute Gasteiger partial charge is 0.238 e. The van der Waals surface area contributed by atoms with E-state index in [1.807, 2.05) is 0 Å². The van der Waals surface area contributed by atoms with Crippen molar-refractivity contribution in [3.05, 3.63) is 40.6 Å². The Morgan fingerprint density at radius 3 is 2.61 bits per heavy atom. The second kappa shape index (κ2) is 7.52. The minimum absolute atomic E-state index is 0.0891. The van der Waals surface area contributed by atoms with Crippen molar-refractivity contribution in [1.29, 1.82) is 0 Å². The number of likely N-dealkylation sites (tertiary alicyclic amines) is 1. The van der Waals surface area contributed by atoms with E-state index in [9.17, 15) is 9.59 Å². The highest BCUT2D eigenvalue weighted by Crippen LogP contribution is 2.31. The first-order chi connectivity index (χ1) is 13.6. The predicted molar refractivity (Wildman–Crippen MR) is 107 cm³/mol. The summed E-state index contributed by atoms with van der Waals surface area (Å²) in [5.41, 5.74) is 1.17. The summed E-state index contributed by atoms with van der Waals surface area (Å²) in [6, 6.07) is 8.37. The van der Waals surface area contributed by atoms with Crippen LogP contribution in [0, 0.1) is 0 Å². The van der Waals surface area contributed by atoms with E-state index in [4.69, 9.17) is 13.9 Å². The molecule has 1 amide bonds. The van der Waals surface area contributed by atoms with Crippen molar-refractivity contribution in [2.24, 2.45) is 0 Å². The summed E-state index contributed by atoms with van der Waals surface area (Å²) in [4.78, 5) is 27.5. The molecule has 7 nitrogen and oxygen atoms in total. The van der Waals surface area contributed by atoms with E-state index in [2.05, 4.69) is 10.2 Å². The first kappa shape index (κ1) is 18.3. The van der Waals surface area contributed by atoms with Crippen LogP contribution in [0.3, 0.4) is 0 Å². The van der Waals surface area contributed by atoms with Gasteiger partial charge in [-0.15, -0.1) is 0 Å². The van der Waals surface area contributed by atoms with Gasteiger partial charge in [-0.25, -0.2) is 0 Å². The van der Waals surface area contributed by atoms with Gasteiger partial charge in [0.1, 0.15) is 28.1 Å². The summed E-state index contributed by atoms with van der Waals surface area (Å²) in [7, 11) is 3.03. The molecule has 3 aromatic rings. The molecule has 4 rings (SSSR count). The van der Waals surface area contributed by atoms with E-state index in [1.54, 1.807) is 30.3 Å². The quantitative estimate of drug-likeness (QED) is 0.683. The Morgan fingerprint density at radius 2 is 1.89 bits per heavy atom. The standard InChI is InChI=1S/C21H22N2O5/c1-26-14-10-17(27-2)20-18(11-14)28-16-6-5-13(9-15(16)21(20)25)22-19(24)12-23-7-3-4-8-23/h5-6,9-11H,3-4,7-8,12H2,1-2H3,(H,22,24). The van der Waals surface area contributed by atoms with Crippen LogP contribution in [0.4, 0.5) is 5.69 Å². The van der Waals surface area contributed by atoms with Gasteiger partial charge in [0.25, 0.3) is 0 Å². The van der Waals surface area contributed by atoms with Crippen molar-refractivity contribution in [2.45, 2.75) is 12.8 Å². The Morgan fingerprint density at radius 1 is 1.11 bits per heavy atom. The molecule has 146 valence electrons. The molecule has 0 atom stereocenters. The molecule has 0 saturated carbocycles. The third-order valence-electron chi connectivity index (χ3n) is 5.02. The molecule has 1 fully saturated rings. The van der Waals surface area contributed by atoms with E-state index in [0.717, 1.165) is 25.9 Å². The molecule has 28 heavy (non-hydrogen) atoms. The summed E-state index contributed by atoms with van der Waals surface area (Å²) >= 11 is 0. The average molecular weight is 382 g/mol. The van der Waals surface area contributed by atoms with Crippen LogP contribution >= 0.6 is 0 Å². The van der Waals surface area contributed by atoms with Gasteiger partial charge in [0.05, 0.1) is 26.2 Å². The van der Waals surface area contributed by atoms with Crippen molar-refractivity contribution in [3.63, 3.8) is 0 Å². The molecule has 1 saturated heterocycles. The van der Waals surface area contributed by atoms with Crippen LogP contribution < -0.4 is 20.2 Å². The fourth-order valence-electron chi connectivity index (χ4n) is 3.62. The van der Waals surface area contributed by atoms with Crippen LogP contribution in [0.15, 0.2) is 39.5 Å². The lowest BCUT2D eigenvalue weighted by atomic mass is 10.1. The fourth-order valence-corrected chi connectivity index (χ4v) is 3.62. The highest BCUT2D eigenvalue weighted by Gasteiger charge is 2.17. The maximum atomic E-state index is 13.1. The summed E-state index contributed by atoms with van der Waals surface area (Å²) < 4.78 is 16.5. The lowest BCUT2D eigenvalue weighted by Gasteiger charge is -2.14. The molecule has 7 heteroatoms. The first-order valence-electron chi connectivity index (χ1n) is 9.24. The Balaban J connectivity index is 1.72. The number of hydrogen-bond donors (Lipinski definition) is 1. The van der Waals surface area contributed by atoms with Crippen LogP contribution in [0.25, 0.3) is 21.9 Å². The normalized spacial score (nSPS) is 14.5. The molecule has 1 aliphatic heterocycles. The number of methoxy groups -OCH3 is 2. The van der Waals surface area contributed by atoms with Crippen LogP contribution in [-0.4, -0.2) is 44.7 Å². The molecular formula is C21H22N2O5. The summed E-state index contributed by atoms with van der Waals surface area (Å²) in [5, 5.41) is 3.60. The fraction of sp³-hybridized carbons (Fsp3) is 0.333. The lowest BCUT2D eigenvalue weighted by Crippen LogP contribution is -2.30. The molecular weight excluding hydrogens is 360 g/mol. The van der Waals surface area contributed by atoms with E-state index in [0.29, 0.717) is 45.7 Å². The van der Waals surface area contributed by atoms with Gasteiger partial charge in [-0.05, 0) is 44.1 Å². The molecule has 2 aromatic carbocycles. The third kappa shape index (κ3) is 3.41. The van der Waals surface area contributed by atoms with E-state index < -0.39 is 0 Å². The van der Waals surface area contributed by atoms with Crippen LogP contribution in [0.2, 0.25) is 0 Å². The Labute approximate surface area is 161 Å². The Bertz CT molecular complexity index is 1100. The second-order valence-corrected chi connectivity index (χ2v) is 6.88. The highest BCUT2D eigenvalue weighted by molar-refractivity contribution is 5.98. The predicted octanol–water partition coefficient (Wildman–Crippen LogP) is 3.00. The first-order valence-corrected chi connectivity index (χ1v) is 9.24. The highest BCUT2D eigenvalue weighted by atomic mass is 16.5. The topological polar surface area (TPSA) is 81.0 Å². The maximum Gasteiger partial charge on any atom is 0.238 e. The number of amides is 1. The van der Waals surface area contributed by atoms with Gasteiger partial charge >= 0.3 is 0 Å². The van der Waals surface area contributed by atoms with Crippen LogP contribution in [0.5, 0.6) is 11.5 Å². The largest absolute Gasteiger partial charge is 0.496 e. The van der Waals surface area contributed by atoms with Crippen molar-refractivity contribution >= 4 is 33.5 Å². The molecule has 0 aliphatic carbocycles. The number of nitrogens with zero attached hydrogens (tertiary/aromatic N) is 1. The zero-order valence-corrected chi connectivity index (χ0v) is 15.9. The molecule has 0 bridgehead atoms. The van der Waals surface area contributed by atoms with Crippen molar-refractivity contribution in [2.75, 3.05) is 39.2 Å². The average Bonchev–Trinajstić information content (AvgIpc) is 3.20. The summed E-state index contributed by atoms with van der Waals surface area (Å²) in [6.07, 6.45) is 2.26. The molecule has 0 radical (unpaired) electrons.